The lowest BCUT2D eigenvalue weighted by molar-refractivity contribution is -0.130. The quantitative estimate of drug-likeness (QED) is 0.619. The van der Waals surface area contributed by atoms with E-state index < -0.39 is 0 Å². The summed E-state index contributed by atoms with van der Waals surface area (Å²) in [5.41, 5.74) is 2.44. The Morgan fingerprint density at radius 1 is 1.12 bits per heavy atom. The predicted molar refractivity (Wildman–Crippen MR) is 120 cm³/mol. The fraction of sp³-hybridized carbons (Fsp3) is 0.417. The van der Waals surface area contributed by atoms with Gasteiger partial charge in [-0.1, -0.05) is 37.3 Å². The highest BCUT2D eigenvalue weighted by molar-refractivity contribution is 5.98. The highest BCUT2D eigenvalue weighted by Crippen LogP contribution is 2.27. The summed E-state index contributed by atoms with van der Waals surface area (Å²) in [6.07, 6.45) is 2.78. The van der Waals surface area contributed by atoms with Gasteiger partial charge in [0, 0.05) is 30.8 Å². The number of aromatic nitrogens is 3. The lowest BCUT2D eigenvalue weighted by Gasteiger charge is -2.23. The minimum absolute atomic E-state index is 0.00392. The number of fused-ring (bicyclic) bond motifs is 2. The van der Waals surface area contributed by atoms with Crippen LogP contribution >= 0.6 is 0 Å². The van der Waals surface area contributed by atoms with Crippen molar-refractivity contribution in [3.63, 3.8) is 0 Å². The Bertz CT molecular complexity index is 1250. The third-order valence-electron chi connectivity index (χ3n) is 6.71. The molecule has 1 aromatic carbocycles. The second-order valence-electron chi connectivity index (χ2n) is 8.66. The van der Waals surface area contributed by atoms with Gasteiger partial charge in [-0.05, 0) is 26.2 Å². The summed E-state index contributed by atoms with van der Waals surface area (Å²) in [6, 6.07) is 11.4. The fourth-order valence-electron chi connectivity index (χ4n) is 4.67. The largest absolute Gasteiger partial charge is 0.341 e. The van der Waals surface area contributed by atoms with Gasteiger partial charge in [0.05, 0.1) is 17.8 Å². The molecule has 32 heavy (non-hydrogen) atoms. The zero-order valence-electron chi connectivity index (χ0n) is 18.5. The van der Waals surface area contributed by atoms with Gasteiger partial charge >= 0.3 is 0 Å². The van der Waals surface area contributed by atoms with Gasteiger partial charge in [-0.3, -0.25) is 14.4 Å². The molecule has 166 valence electrons. The van der Waals surface area contributed by atoms with Gasteiger partial charge in [0.15, 0.2) is 0 Å². The van der Waals surface area contributed by atoms with Crippen molar-refractivity contribution < 1.29 is 9.59 Å². The van der Waals surface area contributed by atoms with Crippen molar-refractivity contribution in [3.05, 3.63) is 58.0 Å². The van der Waals surface area contributed by atoms with E-state index in [-0.39, 0.29) is 36.5 Å². The Labute approximate surface area is 186 Å². The lowest BCUT2D eigenvalue weighted by atomic mass is 10.1. The van der Waals surface area contributed by atoms with Crippen molar-refractivity contribution in [2.45, 2.75) is 52.2 Å². The number of carbonyl (C=O) groups is 2. The summed E-state index contributed by atoms with van der Waals surface area (Å²) in [5, 5.41) is 4.57. The molecule has 5 rings (SSSR count). The van der Waals surface area contributed by atoms with Crippen LogP contribution in [0.25, 0.3) is 16.9 Å². The van der Waals surface area contributed by atoms with Crippen LogP contribution in [0.2, 0.25) is 0 Å². The highest BCUT2D eigenvalue weighted by atomic mass is 16.2. The smallest absolute Gasteiger partial charge is 0.280 e. The van der Waals surface area contributed by atoms with Gasteiger partial charge in [0.2, 0.25) is 5.91 Å². The number of benzene rings is 1. The Morgan fingerprint density at radius 2 is 1.84 bits per heavy atom. The van der Waals surface area contributed by atoms with E-state index in [1.165, 1.54) is 4.52 Å². The zero-order valence-corrected chi connectivity index (χ0v) is 18.5. The average molecular weight is 434 g/mol. The summed E-state index contributed by atoms with van der Waals surface area (Å²) in [6.45, 7) is 5.73. The molecule has 1 atom stereocenters. The van der Waals surface area contributed by atoms with Crippen LogP contribution in [-0.4, -0.2) is 54.9 Å². The molecule has 3 aromatic rings. The number of hydrogen-bond donors (Lipinski definition) is 0. The van der Waals surface area contributed by atoms with Crippen molar-refractivity contribution in [2.75, 3.05) is 13.1 Å². The summed E-state index contributed by atoms with van der Waals surface area (Å²) < 4.78 is 3.06. The SMILES string of the molecule is CCC(C)N1Cc2c(n(CC(=O)N3CCCC3)c3cc(-c4ccccc4)nn3c2=O)C1=O. The molecule has 2 amide bonds. The van der Waals surface area contributed by atoms with Gasteiger partial charge in [0.25, 0.3) is 11.5 Å². The molecule has 0 spiro atoms. The fourth-order valence-corrected chi connectivity index (χ4v) is 4.67. The molecule has 0 saturated carbocycles. The maximum absolute atomic E-state index is 13.4. The Balaban J connectivity index is 1.69. The summed E-state index contributed by atoms with van der Waals surface area (Å²) in [7, 11) is 0. The van der Waals surface area contributed by atoms with Crippen LogP contribution in [0.1, 0.15) is 49.2 Å². The van der Waals surface area contributed by atoms with Crippen LogP contribution in [0.5, 0.6) is 0 Å². The average Bonchev–Trinajstić information content (AvgIpc) is 3.56. The van der Waals surface area contributed by atoms with E-state index in [0.717, 1.165) is 37.9 Å². The minimum Gasteiger partial charge on any atom is -0.341 e. The molecule has 0 N–H and O–H groups in total. The molecule has 0 aliphatic carbocycles. The molecule has 8 nitrogen and oxygen atoms in total. The van der Waals surface area contributed by atoms with Crippen LogP contribution in [0, 0.1) is 0 Å². The molecule has 2 aromatic heterocycles. The molecule has 2 aliphatic rings. The number of amides is 2. The van der Waals surface area contributed by atoms with Crippen LogP contribution in [0.3, 0.4) is 0 Å². The van der Waals surface area contributed by atoms with Crippen molar-refractivity contribution in [2.24, 2.45) is 0 Å². The lowest BCUT2D eigenvalue weighted by Crippen LogP contribution is -2.35. The van der Waals surface area contributed by atoms with Crippen molar-refractivity contribution in [3.8, 4) is 11.3 Å². The first-order chi connectivity index (χ1) is 15.5. The van der Waals surface area contributed by atoms with Crippen molar-refractivity contribution in [1.29, 1.82) is 0 Å². The molecular formula is C24H27N5O3. The van der Waals surface area contributed by atoms with E-state index in [9.17, 15) is 14.4 Å². The molecule has 1 unspecified atom stereocenters. The normalized spacial score (nSPS) is 16.8. The summed E-state index contributed by atoms with van der Waals surface area (Å²) in [4.78, 5) is 43.4. The van der Waals surface area contributed by atoms with E-state index in [0.29, 0.717) is 22.6 Å². The minimum atomic E-state index is -0.291. The van der Waals surface area contributed by atoms with E-state index in [2.05, 4.69) is 5.10 Å². The number of rotatable bonds is 5. The van der Waals surface area contributed by atoms with E-state index in [1.54, 1.807) is 15.5 Å². The monoisotopic (exact) mass is 433 g/mol. The van der Waals surface area contributed by atoms with Crippen LogP contribution < -0.4 is 5.56 Å². The third kappa shape index (κ3) is 3.21. The van der Waals surface area contributed by atoms with Crippen LogP contribution in [-0.2, 0) is 17.9 Å². The first kappa shape index (κ1) is 20.5. The Hall–Kier alpha value is -3.42. The van der Waals surface area contributed by atoms with Gasteiger partial charge in [0.1, 0.15) is 17.9 Å². The number of hydrogen-bond acceptors (Lipinski definition) is 4. The van der Waals surface area contributed by atoms with Gasteiger partial charge < -0.3 is 14.4 Å². The summed E-state index contributed by atoms with van der Waals surface area (Å²) in [5.74, 6) is -0.224. The van der Waals surface area contributed by atoms with Crippen molar-refractivity contribution in [1.82, 2.24) is 24.0 Å². The molecule has 1 fully saturated rings. The topological polar surface area (TPSA) is 79.9 Å². The maximum Gasteiger partial charge on any atom is 0.280 e. The number of carbonyl (C=O) groups excluding carboxylic acids is 2. The molecule has 8 heteroatoms. The van der Waals surface area contributed by atoms with E-state index in [1.807, 2.05) is 49.1 Å². The van der Waals surface area contributed by atoms with Gasteiger partial charge in [-0.25, -0.2) is 0 Å². The standard InChI is InChI=1S/C24H27N5O3/c1-3-16(2)27-14-18-22(24(27)32)28(15-21(30)26-11-7-8-12-26)20-13-19(25-29(20)23(18)31)17-9-5-4-6-10-17/h4-6,9-10,13,16H,3,7-8,11-12,14-15H2,1-2H3. The molecule has 2 aliphatic heterocycles. The van der Waals surface area contributed by atoms with Crippen LogP contribution in [0.4, 0.5) is 0 Å². The molecule has 4 heterocycles. The second kappa shape index (κ2) is 7.93. The van der Waals surface area contributed by atoms with Crippen LogP contribution in [0.15, 0.2) is 41.2 Å². The van der Waals surface area contributed by atoms with Gasteiger partial charge in [-0.15, -0.1) is 0 Å². The van der Waals surface area contributed by atoms with Crippen molar-refractivity contribution >= 4 is 17.5 Å². The summed E-state index contributed by atoms with van der Waals surface area (Å²) >= 11 is 0. The Kier molecular flexibility index (Phi) is 5.07. The maximum atomic E-state index is 13.4. The van der Waals surface area contributed by atoms with E-state index in [4.69, 9.17) is 0 Å². The molecule has 0 bridgehead atoms. The molecule has 0 radical (unpaired) electrons. The second-order valence-corrected chi connectivity index (χ2v) is 8.66. The predicted octanol–water partition coefficient (Wildman–Crippen LogP) is 2.54. The molecular weight excluding hydrogens is 406 g/mol. The van der Waals surface area contributed by atoms with Gasteiger partial charge in [-0.2, -0.15) is 9.61 Å². The first-order valence-electron chi connectivity index (χ1n) is 11.3. The zero-order chi connectivity index (χ0) is 22.4. The molecule has 1 saturated heterocycles. The first-order valence-corrected chi connectivity index (χ1v) is 11.3. The van der Waals surface area contributed by atoms with E-state index >= 15 is 0 Å². The highest BCUT2D eigenvalue weighted by Gasteiger charge is 2.37. The third-order valence-corrected chi connectivity index (χ3v) is 6.71. The number of likely N-dealkylation sites (tertiary alicyclic amines) is 1. The Morgan fingerprint density at radius 3 is 2.53 bits per heavy atom. The number of nitrogens with zero attached hydrogens (tertiary/aromatic N) is 5.